The van der Waals surface area contributed by atoms with Crippen molar-refractivity contribution >= 4 is 17.9 Å². The summed E-state index contributed by atoms with van der Waals surface area (Å²) in [4.78, 5) is 34.4. The number of rotatable bonds is 16. The molecule has 0 bridgehead atoms. The quantitative estimate of drug-likeness (QED) is 0.0637. The Hall–Kier alpha value is -6.29. The number of esters is 3. The molecule has 61 heavy (non-hydrogen) atoms. The molecule has 2 N–H and O–H groups in total. The second-order valence-electron chi connectivity index (χ2n) is 14.8. The summed E-state index contributed by atoms with van der Waals surface area (Å²) in [5.74, 6) is 1.35. The van der Waals surface area contributed by atoms with E-state index >= 15 is 0 Å². The van der Waals surface area contributed by atoms with Crippen LogP contribution in [0.15, 0.2) is 132 Å². The number of hydrogen-bond donors (Lipinski definition) is 2. The molecule has 0 spiro atoms. The van der Waals surface area contributed by atoms with Gasteiger partial charge in [-0.2, -0.15) is 0 Å². The molecule has 0 aliphatic heterocycles. The molecule has 10 nitrogen and oxygen atoms in total. The van der Waals surface area contributed by atoms with Crippen LogP contribution in [0.4, 0.5) is 0 Å². The molecule has 3 atom stereocenters. The Balaban J connectivity index is 0.000000471. The summed E-state index contributed by atoms with van der Waals surface area (Å²) >= 11 is 0. The number of hydrogen-bond acceptors (Lipinski definition) is 10. The maximum absolute atomic E-state index is 11.7. The summed E-state index contributed by atoms with van der Waals surface area (Å²) in [5.41, 5.74) is 7.55. The maximum Gasteiger partial charge on any atom is 0.306 e. The van der Waals surface area contributed by atoms with Crippen molar-refractivity contribution in [3.63, 3.8) is 0 Å². The van der Waals surface area contributed by atoms with Gasteiger partial charge in [0.05, 0.1) is 47.7 Å². The molecular weight excluding hydrogens is 773 g/mol. The van der Waals surface area contributed by atoms with Crippen LogP contribution in [-0.2, 0) is 35.2 Å². The van der Waals surface area contributed by atoms with E-state index in [4.69, 9.17) is 14.2 Å². The fourth-order valence-corrected chi connectivity index (χ4v) is 6.00. The second kappa shape index (κ2) is 28.2. The molecule has 0 radical (unpaired) electrons. The fourth-order valence-electron chi connectivity index (χ4n) is 6.00. The lowest BCUT2D eigenvalue weighted by Crippen LogP contribution is -2.07. The molecule has 0 fully saturated rings. The Morgan fingerprint density at radius 1 is 0.508 bits per heavy atom. The highest BCUT2D eigenvalue weighted by atomic mass is 16.5. The summed E-state index contributed by atoms with van der Waals surface area (Å²) < 4.78 is 25.3. The predicted molar refractivity (Wildman–Crippen MR) is 243 cm³/mol. The number of carbonyl (C=O) groups excluding carboxylic acids is 3. The van der Waals surface area contributed by atoms with E-state index in [1.165, 1.54) is 21.3 Å². The minimum Gasteiger partial charge on any atom is -0.508 e. The highest BCUT2D eigenvalue weighted by Crippen LogP contribution is 2.28. The highest BCUT2D eigenvalue weighted by Gasteiger charge is 2.16. The molecule has 4 rings (SSSR count). The monoisotopic (exact) mass is 838 g/mol. The average molecular weight is 839 g/mol. The summed E-state index contributed by atoms with van der Waals surface area (Å²) in [6.07, 6.45) is 7.10. The van der Waals surface area contributed by atoms with E-state index in [2.05, 4.69) is 15.5 Å². The van der Waals surface area contributed by atoms with Gasteiger partial charge in [-0.3, -0.25) is 14.4 Å². The minimum atomic E-state index is -0.236. The molecule has 0 heterocycles. The van der Waals surface area contributed by atoms with E-state index < -0.39 is 0 Å². The van der Waals surface area contributed by atoms with Gasteiger partial charge in [-0.15, -0.1) is 0 Å². The van der Waals surface area contributed by atoms with Crippen molar-refractivity contribution in [3.8, 4) is 23.0 Å². The SMILES string of the molecule is C.COC(=O)CC(C=C(C)C)c1ccc(OCc2cccc(OC)c2)cc1.COC(=O)C[C@@H](C=C(C)C)c1ccc(O)cc1.COC(=O)C[C@H](C=C(C)C)c1ccc(O)cc1. The van der Waals surface area contributed by atoms with Crippen LogP contribution >= 0.6 is 0 Å². The molecule has 0 amide bonds. The van der Waals surface area contributed by atoms with E-state index in [-0.39, 0.29) is 54.6 Å². The molecule has 0 aliphatic rings. The van der Waals surface area contributed by atoms with Crippen LogP contribution < -0.4 is 9.47 Å². The van der Waals surface area contributed by atoms with Crippen molar-refractivity contribution in [1.29, 1.82) is 0 Å². The standard InChI is InChI=1S/C22H26O4.2C14H18O3.CH4/c1-16(2)12-19(14-22(23)25-4)18-8-10-20(11-9-18)26-15-17-6-5-7-21(13-17)24-3;2*1-10(2)8-12(9-14(16)17-3)11-4-6-13(15)7-5-11;/h5-13,19H,14-15H2,1-4H3;2*4-8,12,15H,9H2,1-3H3;1H4/t;2*12-;/m.10./s1. The Morgan fingerprint density at radius 3 is 1.16 bits per heavy atom. The number of ether oxygens (including phenoxy) is 5. The Morgan fingerprint density at radius 2 is 0.852 bits per heavy atom. The molecular formula is C51H66O10. The largest absolute Gasteiger partial charge is 0.508 e. The predicted octanol–water partition coefficient (Wildman–Crippen LogP) is 11.5. The number of aromatic hydroxyl groups is 2. The third kappa shape index (κ3) is 21.0. The van der Waals surface area contributed by atoms with Gasteiger partial charge in [-0.1, -0.05) is 90.9 Å². The first-order valence-electron chi connectivity index (χ1n) is 19.7. The van der Waals surface area contributed by atoms with Crippen LogP contribution in [0.1, 0.15) is 108 Å². The number of allylic oxidation sites excluding steroid dienone is 6. The van der Waals surface area contributed by atoms with Crippen molar-refractivity contribution in [2.45, 2.75) is 92.6 Å². The lowest BCUT2D eigenvalue weighted by Gasteiger charge is -2.14. The molecule has 0 aliphatic carbocycles. The van der Waals surface area contributed by atoms with E-state index in [9.17, 15) is 24.6 Å². The van der Waals surface area contributed by atoms with Crippen LogP contribution in [-0.4, -0.2) is 56.6 Å². The van der Waals surface area contributed by atoms with Gasteiger partial charge in [0.15, 0.2) is 0 Å². The summed E-state index contributed by atoms with van der Waals surface area (Å²) in [7, 11) is 5.84. The Kier molecular flexibility index (Phi) is 24.4. The van der Waals surface area contributed by atoms with E-state index in [0.717, 1.165) is 50.5 Å². The van der Waals surface area contributed by atoms with Crippen LogP contribution in [0.2, 0.25) is 0 Å². The minimum absolute atomic E-state index is 0. The van der Waals surface area contributed by atoms with Gasteiger partial charge >= 0.3 is 17.9 Å². The number of methoxy groups -OCH3 is 4. The third-order valence-electron chi connectivity index (χ3n) is 8.94. The third-order valence-corrected chi connectivity index (χ3v) is 8.94. The summed E-state index contributed by atoms with van der Waals surface area (Å²) in [6.45, 7) is 12.5. The zero-order valence-electron chi connectivity index (χ0n) is 36.7. The van der Waals surface area contributed by atoms with Crippen molar-refractivity contribution < 1.29 is 48.3 Å². The van der Waals surface area contributed by atoms with Crippen LogP contribution in [0.5, 0.6) is 23.0 Å². The first-order chi connectivity index (χ1) is 28.6. The molecule has 1 unspecified atom stereocenters. The molecule has 4 aromatic rings. The van der Waals surface area contributed by atoms with Gasteiger partial charge in [0.2, 0.25) is 0 Å². The Labute approximate surface area is 363 Å². The van der Waals surface area contributed by atoms with Gasteiger partial charge in [-0.05, 0) is 112 Å². The van der Waals surface area contributed by atoms with Crippen LogP contribution in [0.3, 0.4) is 0 Å². The molecule has 330 valence electrons. The maximum atomic E-state index is 11.7. The molecule has 4 aromatic carbocycles. The number of phenolic OH excluding ortho intramolecular Hbond substituents is 2. The van der Waals surface area contributed by atoms with Crippen molar-refractivity contribution in [2.75, 3.05) is 28.4 Å². The topological polar surface area (TPSA) is 138 Å². The zero-order chi connectivity index (χ0) is 44.6. The van der Waals surface area contributed by atoms with Crippen LogP contribution in [0, 0.1) is 0 Å². The number of carbonyl (C=O) groups is 3. The molecule has 0 saturated heterocycles. The lowest BCUT2D eigenvalue weighted by molar-refractivity contribution is -0.141. The highest BCUT2D eigenvalue weighted by molar-refractivity contribution is 5.72. The molecule has 0 aromatic heterocycles. The first-order valence-corrected chi connectivity index (χ1v) is 19.7. The lowest BCUT2D eigenvalue weighted by atomic mass is 9.94. The molecule has 10 heteroatoms. The van der Waals surface area contributed by atoms with E-state index in [0.29, 0.717) is 25.9 Å². The normalized spacial score (nSPS) is 11.4. The Bertz CT molecular complexity index is 1920. The van der Waals surface area contributed by atoms with E-state index in [1.807, 2.05) is 126 Å². The first kappa shape index (κ1) is 52.7. The fraction of sp³-hybridized carbons (Fsp3) is 0.353. The summed E-state index contributed by atoms with van der Waals surface area (Å²) in [5, 5.41) is 18.5. The average Bonchev–Trinajstić information content (AvgIpc) is 3.22. The number of benzene rings is 4. The smallest absolute Gasteiger partial charge is 0.306 e. The van der Waals surface area contributed by atoms with Crippen LogP contribution in [0.25, 0.3) is 0 Å². The summed E-state index contributed by atoms with van der Waals surface area (Å²) in [6, 6.07) is 29.4. The molecule has 0 saturated carbocycles. The van der Waals surface area contributed by atoms with Gasteiger partial charge in [0.1, 0.15) is 29.6 Å². The van der Waals surface area contributed by atoms with Gasteiger partial charge < -0.3 is 33.9 Å². The van der Waals surface area contributed by atoms with E-state index in [1.54, 1.807) is 31.4 Å². The van der Waals surface area contributed by atoms with Gasteiger partial charge in [-0.25, -0.2) is 0 Å². The van der Waals surface area contributed by atoms with Crippen molar-refractivity contribution in [2.24, 2.45) is 0 Å². The number of phenols is 2. The van der Waals surface area contributed by atoms with Crippen molar-refractivity contribution in [1.82, 2.24) is 0 Å². The van der Waals surface area contributed by atoms with Crippen molar-refractivity contribution in [3.05, 3.63) is 154 Å². The second-order valence-corrected chi connectivity index (χ2v) is 14.8. The van der Waals surface area contributed by atoms with Gasteiger partial charge in [0, 0.05) is 17.8 Å². The zero-order valence-corrected chi connectivity index (χ0v) is 36.7. The van der Waals surface area contributed by atoms with Gasteiger partial charge in [0.25, 0.3) is 0 Å².